The number of hydrogen-bond acceptors (Lipinski definition) is 5. The number of imidazole rings is 1. The quantitative estimate of drug-likeness (QED) is 0.585. The fraction of sp³-hybridized carbons (Fsp3) is 0.263. The van der Waals surface area contributed by atoms with Gasteiger partial charge >= 0.3 is 0 Å². The van der Waals surface area contributed by atoms with Crippen molar-refractivity contribution in [3.05, 3.63) is 46.7 Å². The number of fused-ring (bicyclic) bond motifs is 2. The van der Waals surface area contributed by atoms with Gasteiger partial charge in [0.05, 0.1) is 28.2 Å². The highest BCUT2D eigenvalue weighted by Gasteiger charge is 2.26. The molecule has 150 valence electrons. The molecule has 0 spiro atoms. The molecule has 0 saturated carbocycles. The first-order chi connectivity index (χ1) is 13.9. The molecule has 2 aliphatic rings. The van der Waals surface area contributed by atoms with E-state index >= 15 is 0 Å². The number of carbonyl (C=O) groups is 1. The number of H-pyrrole nitrogens is 1. The van der Waals surface area contributed by atoms with Gasteiger partial charge in [0.1, 0.15) is 16.8 Å². The zero-order valence-corrected chi connectivity index (χ0v) is 16.7. The summed E-state index contributed by atoms with van der Waals surface area (Å²) in [4.78, 5) is 19.2. The van der Waals surface area contributed by atoms with Crippen LogP contribution in [0.1, 0.15) is 30.3 Å². The predicted molar refractivity (Wildman–Crippen MR) is 109 cm³/mol. The lowest BCUT2D eigenvalue weighted by Gasteiger charge is -2.11. The van der Waals surface area contributed by atoms with Crippen LogP contribution in [0.15, 0.2) is 35.2 Å². The fourth-order valence-electron chi connectivity index (χ4n) is 3.68. The van der Waals surface area contributed by atoms with E-state index in [1.54, 1.807) is 18.2 Å². The second kappa shape index (κ2) is 6.72. The largest absolute Gasteiger partial charge is 0.370 e. The average Bonchev–Trinajstić information content (AvgIpc) is 3.38. The lowest BCUT2D eigenvalue weighted by atomic mass is 10.2. The molecule has 5 rings (SSSR count). The van der Waals surface area contributed by atoms with Crippen LogP contribution < -0.4 is 10.0 Å². The van der Waals surface area contributed by atoms with Crippen LogP contribution in [0.5, 0.6) is 0 Å². The molecular formula is C19H17ClN4O4S. The number of anilines is 2. The number of carbonyl (C=O) groups excluding carboxylic acids is 1. The van der Waals surface area contributed by atoms with Crippen LogP contribution >= 0.6 is 11.6 Å². The van der Waals surface area contributed by atoms with Gasteiger partial charge in [-0.2, -0.15) is 0 Å². The van der Waals surface area contributed by atoms with Gasteiger partial charge in [-0.15, -0.1) is 0 Å². The number of sulfonamides is 1. The average molecular weight is 433 g/mol. The second-order valence-corrected chi connectivity index (χ2v) is 9.18. The van der Waals surface area contributed by atoms with Crippen LogP contribution in [0.3, 0.4) is 0 Å². The van der Waals surface area contributed by atoms with E-state index in [1.807, 2.05) is 0 Å². The number of aromatic nitrogens is 2. The Labute approximate surface area is 171 Å². The van der Waals surface area contributed by atoms with Gasteiger partial charge in [-0.3, -0.25) is 9.52 Å². The van der Waals surface area contributed by atoms with Gasteiger partial charge in [0.25, 0.3) is 10.0 Å². The molecule has 0 aliphatic carbocycles. The minimum atomic E-state index is -3.94. The first kappa shape index (κ1) is 18.4. The summed E-state index contributed by atoms with van der Waals surface area (Å²) < 4.78 is 34.0. The van der Waals surface area contributed by atoms with E-state index in [1.165, 1.54) is 12.1 Å². The van der Waals surface area contributed by atoms with Crippen molar-refractivity contribution in [3.8, 4) is 0 Å². The third kappa shape index (κ3) is 3.35. The molecule has 2 aromatic carbocycles. The van der Waals surface area contributed by atoms with Crippen molar-refractivity contribution < 1.29 is 17.9 Å². The molecule has 1 aromatic heterocycles. The summed E-state index contributed by atoms with van der Waals surface area (Å²) in [6.07, 6.45) is 1.98. The Morgan fingerprint density at radius 3 is 2.90 bits per heavy atom. The number of ether oxygens (including phenoxy) is 1. The van der Waals surface area contributed by atoms with E-state index in [-0.39, 0.29) is 28.4 Å². The lowest BCUT2D eigenvalue weighted by Crippen LogP contribution is -2.13. The molecular weight excluding hydrogens is 416 g/mol. The van der Waals surface area contributed by atoms with Gasteiger partial charge in [0.15, 0.2) is 0 Å². The molecule has 1 atom stereocenters. The molecule has 29 heavy (non-hydrogen) atoms. The number of aromatic amines is 1. The minimum Gasteiger partial charge on any atom is -0.370 e. The molecule has 0 bridgehead atoms. The van der Waals surface area contributed by atoms with Gasteiger partial charge in [0, 0.05) is 12.3 Å². The number of rotatable bonds is 4. The molecule has 2 aliphatic heterocycles. The third-order valence-corrected chi connectivity index (χ3v) is 6.91. The van der Waals surface area contributed by atoms with Gasteiger partial charge < -0.3 is 15.0 Å². The molecule has 3 aromatic rings. The van der Waals surface area contributed by atoms with E-state index in [9.17, 15) is 13.2 Å². The van der Waals surface area contributed by atoms with Gasteiger partial charge in [0.2, 0.25) is 5.91 Å². The van der Waals surface area contributed by atoms with Crippen LogP contribution in [0, 0.1) is 0 Å². The van der Waals surface area contributed by atoms with E-state index in [4.69, 9.17) is 16.3 Å². The first-order valence-electron chi connectivity index (χ1n) is 9.15. The zero-order chi connectivity index (χ0) is 20.2. The minimum absolute atomic E-state index is 0.0433. The molecule has 3 N–H and O–H groups in total. The topological polar surface area (TPSA) is 113 Å². The Hall–Kier alpha value is -2.62. The summed E-state index contributed by atoms with van der Waals surface area (Å²) in [5.41, 5.74) is 2.97. The van der Waals surface area contributed by atoms with Crippen LogP contribution in [0.25, 0.3) is 11.0 Å². The highest BCUT2D eigenvalue weighted by molar-refractivity contribution is 7.92. The van der Waals surface area contributed by atoms with Crippen molar-refractivity contribution in [2.24, 2.45) is 0 Å². The normalized spacial score (nSPS) is 18.8. The standard InChI is InChI=1S/C19H17ClN4O4S/c20-12-9-14-10(7-18(25)21-14)6-17(12)29(26,27)24-11-3-4-13-15(8-11)23-19(22-13)16-2-1-5-28-16/h3-4,6,8-9,16,24H,1-2,5,7H2,(H,21,25)(H,22,23). The summed E-state index contributed by atoms with van der Waals surface area (Å²) in [5.74, 6) is 0.557. The van der Waals surface area contributed by atoms with E-state index in [0.29, 0.717) is 22.5 Å². The number of amides is 1. The summed E-state index contributed by atoms with van der Waals surface area (Å²) in [5, 5.41) is 2.70. The Morgan fingerprint density at radius 1 is 1.24 bits per heavy atom. The summed E-state index contributed by atoms with van der Waals surface area (Å²) in [7, 11) is -3.94. The van der Waals surface area contributed by atoms with Crippen LogP contribution in [-0.2, 0) is 26.0 Å². The van der Waals surface area contributed by atoms with Crippen molar-refractivity contribution in [1.82, 2.24) is 9.97 Å². The summed E-state index contributed by atoms with van der Waals surface area (Å²) in [6, 6.07) is 7.97. The highest BCUT2D eigenvalue weighted by atomic mass is 35.5. The van der Waals surface area contributed by atoms with Gasteiger partial charge in [-0.25, -0.2) is 13.4 Å². The van der Waals surface area contributed by atoms with Crippen molar-refractivity contribution >= 4 is 49.9 Å². The molecule has 10 heteroatoms. The van der Waals surface area contributed by atoms with Crippen LogP contribution in [0.4, 0.5) is 11.4 Å². The van der Waals surface area contributed by atoms with Crippen LogP contribution in [-0.4, -0.2) is 30.9 Å². The van der Waals surface area contributed by atoms with Crippen molar-refractivity contribution in [2.45, 2.75) is 30.3 Å². The maximum absolute atomic E-state index is 12.9. The Bertz CT molecular complexity index is 1250. The van der Waals surface area contributed by atoms with Crippen molar-refractivity contribution in [2.75, 3.05) is 16.6 Å². The predicted octanol–water partition coefficient (Wildman–Crippen LogP) is 3.36. The number of nitrogens with zero attached hydrogens (tertiary/aromatic N) is 1. The third-order valence-electron chi connectivity index (χ3n) is 5.06. The summed E-state index contributed by atoms with van der Waals surface area (Å²) >= 11 is 6.18. The molecule has 1 saturated heterocycles. The van der Waals surface area contributed by atoms with Crippen molar-refractivity contribution in [1.29, 1.82) is 0 Å². The fourth-order valence-corrected chi connectivity index (χ4v) is 5.31. The SMILES string of the molecule is O=C1Cc2cc(S(=O)(=O)Nc3ccc4nc(C5CCCO5)[nH]c4c3)c(Cl)cc2N1. The highest BCUT2D eigenvalue weighted by Crippen LogP contribution is 2.34. The Morgan fingerprint density at radius 2 is 2.10 bits per heavy atom. The zero-order valence-electron chi connectivity index (χ0n) is 15.2. The first-order valence-corrected chi connectivity index (χ1v) is 11.0. The van der Waals surface area contributed by atoms with E-state index in [2.05, 4.69) is 20.0 Å². The molecule has 1 fully saturated rings. The second-order valence-electron chi connectivity index (χ2n) is 7.13. The molecule has 1 unspecified atom stereocenters. The number of nitrogens with one attached hydrogen (secondary N) is 3. The summed E-state index contributed by atoms with van der Waals surface area (Å²) in [6.45, 7) is 0.718. The maximum Gasteiger partial charge on any atom is 0.263 e. The molecule has 1 amide bonds. The maximum atomic E-state index is 12.9. The molecule has 0 radical (unpaired) electrons. The van der Waals surface area contributed by atoms with Crippen LogP contribution in [0.2, 0.25) is 5.02 Å². The van der Waals surface area contributed by atoms with Gasteiger partial charge in [-0.1, -0.05) is 11.6 Å². The van der Waals surface area contributed by atoms with E-state index in [0.717, 1.165) is 30.8 Å². The monoisotopic (exact) mass is 432 g/mol. The Kier molecular flexibility index (Phi) is 4.27. The number of benzene rings is 2. The number of hydrogen-bond donors (Lipinski definition) is 3. The number of halogens is 1. The van der Waals surface area contributed by atoms with Crippen molar-refractivity contribution in [3.63, 3.8) is 0 Å². The lowest BCUT2D eigenvalue weighted by molar-refractivity contribution is -0.115. The Balaban J connectivity index is 1.45. The smallest absolute Gasteiger partial charge is 0.263 e. The van der Waals surface area contributed by atoms with Gasteiger partial charge in [-0.05, 0) is 48.7 Å². The van der Waals surface area contributed by atoms with E-state index < -0.39 is 10.0 Å². The molecule has 8 nitrogen and oxygen atoms in total. The molecule has 3 heterocycles.